The number of rotatable bonds is 10. The van der Waals surface area contributed by atoms with Gasteiger partial charge in [0.1, 0.15) is 4.90 Å². The van der Waals surface area contributed by atoms with Crippen molar-refractivity contribution in [3.05, 3.63) is 138 Å². The number of nitrogen functional groups attached to an aromatic ring is 1. The van der Waals surface area contributed by atoms with Crippen LogP contribution in [-0.2, 0) is 20.2 Å². The molecule has 6 aromatic rings. The Morgan fingerprint density at radius 1 is 0.564 bits per heavy atom. The highest BCUT2D eigenvalue weighted by Crippen LogP contribution is 2.32. The van der Waals surface area contributed by atoms with Gasteiger partial charge in [-0.1, -0.05) is 6.07 Å². The van der Waals surface area contributed by atoms with Crippen molar-refractivity contribution in [3.63, 3.8) is 0 Å². The Hall–Kier alpha value is -6.66. The van der Waals surface area contributed by atoms with Gasteiger partial charge in [0.2, 0.25) is 0 Å². The van der Waals surface area contributed by atoms with Gasteiger partial charge in [-0.2, -0.15) is 37.3 Å². The van der Waals surface area contributed by atoms with Gasteiger partial charge in [-0.05, 0) is 140 Å². The highest BCUT2D eigenvalue weighted by molar-refractivity contribution is 7.86. The number of fused-ring (bicyclic) bond motifs is 1. The van der Waals surface area contributed by atoms with Crippen LogP contribution in [0.2, 0.25) is 0 Å². The van der Waals surface area contributed by atoms with E-state index in [4.69, 9.17) is 5.73 Å². The summed E-state index contributed by atoms with van der Waals surface area (Å²) in [5, 5.41) is 22.7. The Kier molecular flexibility index (Phi) is 10.6. The van der Waals surface area contributed by atoms with Crippen LogP contribution in [0, 0.1) is 13.8 Å². The second-order valence-corrected chi connectivity index (χ2v) is 15.1. The summed E-state index contributed by atoms with van der Waals surface area (Å²) in [7, 11) is -9.62. The number of benzene rings is 6. The summed E-state index contributed by atoms with van der Waals surface area (Å²) in [6.07, 6.45) is 0. The van der Waals surface area contributed by atoms with Gasteiger partial charge in [-0.15, -0.1) is 0 Å². The summed E-state index contributed by atoms with van der Waals surface area (Å²) in [6.45, 7) is 3.60. The van der Waals surface area contributed by atoms with Crippen molar-refractivity contribution in [2.45, 2.75) is 23.6 Å². The van der Waals surface area contributed by atoms with Crippen LogP contribution in [0.3, 0.4) is 0 Å². The SMILES string of the molecule is Cc1cc(NC(=O)c2ccc(N)cc2)ccc1N=Nc1ccc(C(=O)Nc2ccc(N=Nc3ccc4cc(S(=O)(=O)O)cc(S(=O)(=O)O)c4c3)c(C)c2)cc1. The first-order valence-corrected chi connectivity index (χ1v) is 19.1. The summed E-state index contributed by atoms with van der Waals surface area (Å²) in [6, 6.07) is 29.2. The van der Waals surface area contributed by atoms with E-state index in [2.05, 4.69) is 31.1 Å². The third-order valence-electron chi connectivity index (χ3n) is 8.21. The molecule has 6 N–H and O–H groups in total. The van der Waals surface area contributed by atoms with E-state index in [0.29, 0.717) is 56.9 Å². The molecule has 0 saturated carbocycles. The summed E-state index contributed by atoms with van der Waals surface area (Å²) in [5.74, 6) is -0.633. The molecule has 0 spiro atoms. The first kappa shape index (κ1) is 38.1. The normalized spacial score (nSPS) is 12.0. The fourth-order valence-corrected chi connectivity index (χ4v) is 6.69. The molecule has 15 nitrogen and oxygen atoms in total. The zero-order valence-corrected chi connectivity index (χ0v) is 30.6. The van der Waals surface area contributed by atoms with Gasteiger partial charge in [0.05, 0.1) is 27.6 Å². The second kappa shape index (κ2) is 15.4. The van der Waals surface area contributed by atoms with Crippen molar-refractivity contribution in [1.82, 2.24) is 0 Å². The van der Waals surface area contributed by atoms with Crippen LogP contribution in [0.25, 0.3) is 10.8 Å². The predicted molar refractivity (Wildman–Crippen MR) is 207 cm³/mol. The van der Waals surface area contributed by atoms with Crippen LogP contribution in [-0.4, -0.2) is 37.8 Å². The molecule has 6 aromatic carbocycles. The molecule has 0 aliphatic carbocycles. The summed E-state index contributed by atoms with van der Waals surface area (Å²) >= 11 is 0. The molecule has 55 heavy (non-hydrogen) atoms. The van der Waals surface area contributed by atoms with E-state index in [1.54, 1.807) is 91.9 Å². The molecule has 278 valence electrons. The summed E-state index contributed by atoms with van der Waals surface area (Å²) in [5.41, 5.74) is 11.4. The van der Waals surface area contributed by atoms with Gasteiger partial charge in [-0.25, -0.2) is 0 Å². The van der Waals surface area contributed by atoms with E-state index >= 15 is 0 Å². The van der Waals surface area contributed by atoms with Gasteiger partial charge >= 0.3 is 0 Å². The largest absolute Gasteiger partial charge is 0.399 e. The lowest BCUT2D eigenvalue weighted by Gasteiger charge is -2.08. The van der Waals surface area contributed by atoms with E-state index in [1.165, 1.54) is 18.2 Å². The van der Waals surface area contributed by atoms with E-state index < -0.39 is 30.0 Å². The van der Waals surface area contributed by atoms with Crippen LogP contribution in [0.15, 0.2) is 146 Å². The topological polar surface area (TPSA) is 242 Å². The number of nitrogens with two attached hydrogens (primary N) is 1. The van der Waals surface area contributed by atoms with Gasteiger partial charge < -0.3 is 16.4 Å². The number of nitrogens with zero attached hydrogens (tertiary/aromatic N) is 4. The monoisotopic (exact) mass is 777 g/mol. The van der Waals surface area contributed by atoms with E-state index in [0.717, 1.165) is 11.6 Å². The van der Waals surface area contributed by atoms with Gasteiger partial charge in [0.25, 0.3) is 32.1 Å². The highest BCUT2D eigenvalue weighted by Gasteiger charge is 2.21. The van der Waals surface area contributed by atoms with Gasteiger partial charge in [0, 0.05) is 33.6 Å². The molecule has 0 atom stereocenters. The van der Waals surface area contributed by atoms with Crippen molar-refractivity contribution >= 4 is 82.6 Å². The minimum absolute atomic E-state index is 0.0305. The van der Waals surface area contributed by atoms with Crippen molar-refractivity contribution in [3.8, 4) is 0 Å². The number of carbonyl (C=O) groups is 2. The highest BCUT2D eigenvalue weighted by atomic mass is 32.2. The molecule has 0 saturated heterocycles. The van der Waals surface area contributed by atoms with E-state index in [1.807, 2.05) is 6.92 Å². The maximum atomic E-state index is 13.0. The molecule has 0 radical (unpaired) electrons. The zero-order chi connectivity index (χ0) is 39.5. The molecule has 6 rings (SSSR count). The van der Waals surface area contributed by atoms with Gasteiger partial charge in [0.15, 0.2) is 0 Å². The fourth-order valence-electron chi connectivity index (χ4n) is 5.34. The Morgan fingerprint density at radius 3 is 1.55 bits per heavy atom. The average Bonchev–Trinajstić information content (AvgIpc) is 3.13. The van der Waals surface area contributed by atoms with Crippen molar-refractivity contribution in [2.75, 3.05) is 16.4 Å². The second-order valence-electron chi connectivity index (χ2n) is 12.3. The lowest BCUT2D eigenvalue weighted by molar-refractivity contribution is 0.101. The summed E-state index contributed by atoms with van der Waals surface area (Å²) in [4.78, 5) is 24.1. The van der Waals surface area contributed by atoms with Crippen molar-refractivity contribution in [1.29, 1.82) is 0 Å². The van der Waals surface area contributed by atoms with Crippen molar-refractivity contribution < 1.29 is 35.5 Å². The van der Waals surface area contributed by atoms with Gasteiger partial charge in [-0.3, -0.25) is 18.7 Å². The molecule has 0 aliphatic rings. The molecule has 0 unspecified atom stereocenters. The number of hydrogen-bond donors (Lipinski definition) is 5. The zero-order valence-electron chi connectivity index (χ0n) is 29.0. The van der Waals surface area contributed by atoms with Crippen LogP contribution in [0.1, 0.15) is 31.8 Å². The Labute approximate surface area is 315 Å². The van der Waals surface area contributed by atoms with Crippen LogP contribution < -0.4 is 16.4 Å². The van der Waals surface area contributed by atoms with E-state index in [9.17, 15) is 35.5 Å². The Bertz CT molecular complexity index is 2770. The third-order valence-corrected chi connectivity index (χ3v) is 9.93. The Balaban J connectivity index is 1.08. The molecule has 0 aliphatic heterocycles. The molecular weight excluding hydrogens is 747 g/mol. The molecule has 17 heteroatoms. The van der Waals surface area contributed by atoms with Crippen LogP contribution >= 0.6 is 0 Å². The maximum absolute atomic E-state index is 13.0. The average molecular weight is 778 g/mol. The number of carbonyl (C=O) groups excluding carboxylic acids is 2. The maximum Gasteiger partial charge on any atom is 0.295 e. The van der Waals surface area contributed by atoms with Crippen LogP contribution in [0.5, 0.6) is 0 Å². The quantitative estimate of drug-likeness (QED) is 0.0506. The first-order chi connectivity index (χ1) is 26.0. The number of aryl methyl sites for hydroxylation is 2. The number of azo groups is 2. The summed E-state index contributed by atoms with van der Waals surface area (Å²) < 4.78 is 66.3. The Morgan fingerprint density at radius 2 is 1.05 bits per heavy atom. The molecule has 0 fully saturated rings. The molecular formula is C38H31N7O8S2. The van der Waals surface area contributed by atoms with E-state index in [-0.39, 0.29) is 28.3 Å². The molecule has 0 bridgehead atoms. The lowest BCUT2D eigenvalue weighted by Crippen LogP contribution is -2.11. The standard InChI is InChI=1S/C38H31N7O8S2/c1-22-17-29(40-37(46)24-3-8-27(39)9-4-24)13-15-34(22)44-42-28-10-5-25(6-11-28)38(47)41-30-14-16-35(23(2)18-30)45-43-31-12-7-26-19-32(54(48,49)50)21-36(33(26)20-31)55(51,52)53/h3-21H,39H2,1-2H3,(H,40,46)(H,41,47)(H,48,49,50)(H,51,52,53). The minimum atomic E-state index is -4.87. The number of nitrogens with one attached hydrogen (secondary N) is 2. The van der Waals surface area contributed by atoms with Crippen molar-refractivity contribution in [2.24, 2.45) is 20.5 Å². The predicted octanol–water partition coefficient (Wildman–Crippen LogP) is 8.87. The first-order valence-electron chi connectivity index (χ1n) is 16.2. The van der Waals surface area contributed by atoms with Crippen LogP contribution in [0.4, 0.5) is 39.8 Å². The number of hydrogen-bond acceptors (Lipinski definition) is 11. The lowest BCUT2D eigenvalue weighted by atomic mass is 10.1. The minimum Gasteiger partial charge on any atom is -0.399 e. The fraction of sp³-hybridized carbons (Fsp3) is 0.0526. The molecule has 2 amide bonds. The molecule has 0 heterocycles. The third kappa shape index (κ3) is 9.29. The number of amides is 2. The smallest absolute Gasteiger partial charge is 0.295 e. The number of anilines is 3. The molecule has 0 aromatic heterocycles.